The first-order valence-electron chi connectivity index (χ1n) is 10.7. The second-order valence-electron chi connectivity index (χ2n) is 8.35. The minimum Gasteiger partial charge on any atom is -0.359 e. The second-order valence-corrected chi connectivity index (χ2v) is 9.38. The van der Waals surface area contributed by atoms with Gasteiger partial charge in [-0.25, -0.2) is 0 Å². The first-order chi connectivity index (χ1) is 14.2. The molecular weight excluding hydrogens is 386 g/mol. The molecule has 156 valence electrons. The Bertz CT molecular complexity index is 807. The summed E-state index contributed by atoms with van der Waals surface area (Å²) in [6, 6.07) is 5.70. The summed E-state index contributed by atoms with van der Waals surface area (Å²) in [7, 11) is 0. The summed E-state index contributed by atoms with van der Waals surface area (Å²) >= 11 is 1.64. The first kappa shape index (κ1) is 20.1. The van der Waals surface area contributed by atoms with Gasteiger partial charge < -0.3 is 14.7 Å². The van der Waals surface area contributed by atoms with E-state index in [1.54, 1.807) is 17.4 Å². The van der Waals surface area contributed by atoms with E-state index in [0.717, 1.165) is 11.3 Å². The normalized spacial score (nSPS) is 16.8. The van der Waals surface area contributed by atoms with Gasteiger partial charge in [-0.1, -0.05) is 36.9 Å². The van der Waals surface area contributed by atoms with Gasteiger partial charge in [-0.2, -0.15) is 0 Å². The Kier molecular flexibility index (Phi) is 6.64. The molecule has 0 saturated heterocycles. The molecule has 7 heteroatoms. The lowest BCUT2D eigenvalue weighted by atomic mass is 10.0. The minimum absolute atomic E-state index is 0.140. The lowest BCUT2D eigenvalue weighted by Gasteiger charge is -2.21. The molecule has 0 atom stereocenters. The zero-order valence-corrected chi connectivity index (χ0v) is 17.6. The Morgan fingerprint density at radius 2 is 2.00 bits per heavy atom. The van der Waals surface area contributed by atoms with Crippen molar-refractivity contribution in [3.63, 3.8) is 0 Å². The van der Waals surface area contributed by atoms with Gasteiger partial charge >= 0.3 is 0 Å². The fourth-order valence-corrected chi connectivity index (χ4v) is 4.66. The predicted molar refractivity (Wildman–Crippen MR) is 111 cm³/mol. The third-order valence-corrected chi connectivity index (χ3v) is 6.77. The molecule has 2 amide bonds. The van der Waals surface area contributed by atoms with Crippen LogP contribution < -0.4 is 5.32 Å². The Labute approximate surface area is 175 Å². The van der Waals surface area contributed by atoms with Crippen LogP contribution in [0.5, 0.6) is 0 Å². The molecule has 0 radical (unpaired) electrons. The Morgan fingerprint density at radius 3 is 2.72 bits per heavy atom. The largest absolute Gasteiger partial charge is 0.359 e. The monoisotopic (exact) mass is 415 g/mol. The van der Waals surface area contributed by atoms with E-state index in [2.05, 4.69) is 10.5 Å². The fraction of sp³-hybridized carbons (Fsp3) is 0.591. The number of carbonyl (C=O) groups is 2. The average molecular weight is 416 g/mol. The molecule has 4 rings (SSSR count). The molecule has 2 fully saturated rings. The van der Waals surface area contributed by atoms with Crippen molar-refractivity contribution in [1.82, 2.24) is 15.4 Å². The van der Waals surface area contributed by atoms with Crippen LogP contribution in [0.15, 0.2) is 28.1 Å². The van der Waals surface area contributed by atoms with Gasteiger partial charge in [0.2, 0.25) is 5.91 Å². The molecule has 0 bridgehead atoms. The Morgan fingerprint density at radius 1 is 1.17 bits per heavy atom. The summed E-state index contributed by atoms with van der Waals surface area (Å²) < 4.78 is 5.38. The van der Waals surface area contributed by atoms with Gasteiger partial charge in [0.05, 0.1) is 13.1 Å². The van der Waals surface area contributed by atoms with Crippen LogP contribution in [0, 0.1) is 11.8 Å². The fourth-order valence-electron chi connectivity index (χ4n) is 3.94. The zero-order valence-electron chi connectivity index (χ0n) is 16.8. The first-order valence-corrected chi connectivity index (χ1v) is 11.6. The second kappa shape index (κ2) is 9.57. The van der Waals surface area contributed by atoms with Crippen molar-refractivity contribution in [2.24, 2.45) is 11.8 Å². The van der Waals surface area contributed by atoms with E-state index in [9.17, 15) is 9.59 Å². The van der Waals surface area contributed by atoms with Gasteiger partial charge in [-0.05, 0) is 42.5 Å². The van der Waals surface area contributed by atoms with Crippen molar-refractivity contribution in [3.8, 4) is 0 Å². The van der Waals surface area contributed by atoms with Gasteiger partial charge in [0, 0.05) is 23.9 Å². The van der Waals surface area contributed by atoms with E-state index < -0.39 is 0 Å². The number of carbonyl (C=O) groups excluding carboxylic acids is 2. The van der Waals surface area contributed by atoms with Crippen LogP contribution in [0.1, 0.15) is 72.5 Å². The van der Waals surface area contributed by atoms with Crippen LogP contribution in [0.3, 0.4) is 0 Å². The van der Waals surface area contributed by atoms with E-state index >= 15 is 0 Å². The van der Waals surface area contributed by atoms with Gasteiger partial charge in [0.25, 0.3) is 5.91 Å². The van der Waals surface area contributed by atoms with Crippen LogP contribution in [-0.4, -0.2) is 28.4 Å². The molecule has 0 unspecified atom stereocenters. The highest BCUT2D eigenvalue weighted by molar-refractivity contribution is 7.09. The van der Waals surface area contributed by atoms with Crippen LogP contribution in [0.25, 0.3) is 0 Å². The van der Waals surface area contributed by atoms with Gasteiger partial charge in [0.1, 0.15) is 0 Å². The Hall–Kier alpha value is -2.15. The average Bonchev–Trinajstić information content (AvgIpc) is 3.15. The standard InChI is InChI=1S/C22H29N3O3S/c26-21(10-9-16-4-1-2-5-16)25(15-19-6-3-11-29-19)14-18-12-20(24-28-18)22(27)23-13-17-7-8-17/h3,6,11-12,16-17H,1-2,4-5,7-10,13-15H2,(H,23,27). The van der Waals surface area contributed by atoms with Crippen molar-refractivity contribution in [3.05, 3.63) is 39.9 Å². The van der Waals surface area contributed by atoms with E-state index in [4.69, 9.17) is 4.52 Å². The van der Waals surface area contributed by atoms with Crippen molar-refractivity contribution in [2.75, 3.05) is 6.54 Å². The number of aromatic nitrogens is 1. The number of hydrogen-bond donors (Lipinski definition) is 1. The maximum absolute atomic E-state index is 12.9. The summed E-state index contributed by atoms with van der Waals surface area (Å²) in [5.74, 6) is 1.79. The summed E-state index contributed by atoms with van der Waals surface area (Å²) in [4.78, 5) is 28.1. The number of hydrogen-bond acceptors (Lipinski definition) is 5. The SMILES string of the molecule is O=C(NCC1CC1)c1cc(CN(Cc2cccs2)C(=O)CCC2CCCC2)on1. The minimum atomic E-state index is -0.204. The van der Waals surface area contributed by atoms with Gasteiger partial charge in [-0.15, -0.1) is 11.3 Å². The third kappa shape index (κ3) is 5.92. The molecule has 2 aromatic rings. The number of nitrogens with one attached hydrogen (secondary N) is 1. The van der Waals surface area contributed by atoms with Crippen LogP contribution in [0.4, 0.5) is 0 Å². The highest BCUT2D eigenvalue weighted by atomic mass is 32.1. The molecule has 0 aliphatic heterocycles. The third-order valence-electron chi connectivity index (χ3n) is 5.91. The van der Waals surface area contributed by atoms with Gasteiger partial charge in [-0.3, -0.25) is 9.59 Å². The summed E-state index contributed by atoms with van der Waals surface area (Å²) in [6.07, 6.45) is 8.99. The van der Waals surface area contributed by atoms with E-state index in [1.807, 2.05) is 22.4 Å². The predicted octanol–water partition coefficient (Wildman–Crippen LogP) is 4.38. The maximum Gasteiger partial charge on any atom is 0.273 e. The summed E-state index contributed by atoms with van der Waals surface area (Å²) in [6.45, 7) is 1.60. The molecule has 2 aliphatic rings. The Balaban J connectivity index is 1.36. The molecule has 2 heterocycles. The van der Waals surface area contributed by atoms with Crippen molar-refractivity contribution in [1.29, 1.82) is 0 Å². The topological polar surface area (TPSA) is 75.4 Å². The molecule has 2 aromatic heterocycles. The van der Waals surface area contributed by atoms with E-state index in [1.165, 1.54) is 38.5 Å². The lowest BCUT2D eigenvalue weighted by Crippen LogP contribution is -2.30. The van der Waals surface area contributed by atoms with E-state index in [-0.39, 0.29) is 17.5 Å². The number of amides is 2. The van der Waals surface area contributed by atoms with Crippen molar-refractivity contribution < 1.29 is 14.1 Å². The number of nitrogens with zero attached hydrogens (tertiary/aromatic N) is 2. The maximum atomic E-state index is 12.9. The molecular formula is C22H29N3O3S. The molecule has 6 nitrogen and oxygen atoms in total. The number of rotatable bonds is 10. The van der Waals surface area contributed by atoms with Crippen LogP contribution in [0.2, 0.25) is 0 Å². The summed E-state index contributed by atoms with van der Waals surface area (Å²) in [5, 5.41) is 8.83. The van der Waals surface area contributed by atoms with Crippen molar-refractivity contribution in [2.45, 2.75) is 64.5 Å². The highest BCUT2D eigenvalue weighted by Crippen LogP contribution is 2.29. The quantitative estimate of drug-likeness (QED) is 0.625. The zero-order chi connectivity index (χ0) is 20.1. The molecule has 2 aliphatic carbocycles. The van der Waals surface area contributed by atoms with E-state index in [0.29, 0.717) is 43.7 Å². The van der Waals surface area contributed by atoms with Crippen LogP contribution >= 0.6 is 11.3 Å². The smallest absolute Gasteiger partial charge is 0.273 e. The molecule has 2 saturated carbocycles. The molecule has 29 heavy (non-hydrogen) atoms. The van der Waals surface area contributed by atoms with Crippen LogP contribution in [-0.2, 0) is 17.9 Å². The lowest BCUT2D eigenvalue weighted by molar-refractivity contribution is -0.133. The summed E-state index contributed by atoms with van der Waals surface area (Å²) in [5.41, 5.74) is 0.287. The van der Waals surface area contributed by atoms with Crippen molar-refractivity contribution >= 4 is 23.2 Å². The molecule has 1 N–H and O–H groups in total. The number of thiophene rings is 1. The molecule has 0 aromatic carbocycles. The van der Waals surface area contributed by atoms with Gasteiger partial charge in [0.15, 0.2) is 11.5 Å². The highest BCUT2D eigenvalue weighted by Gasteiger charge is 2.24. The molecule has 0 spiro atoms.